The van der Waals surface area contributed by atoms with Crippen LogP contribution in [0.1, 0.15) is 28.8 Å². The second kappa shape index (κ2) is 10.4. The minimum Gasteiger partial charge on any atom is -0.490 e. The van der Waals surface area contributed by atoms with Gasteiger partial charge in [-0.15, -0.1) is 0 Å². The molecule has 2 N–H and O–H groups in total. The highest BCUT2D eigenvalue weighted by Gasteiger charge is 2.13. The summed E-state index contributed by atoms with van der Waals surface area (Å²) in [5.74, 6) is 1.53. The van der Waals surface area contributed by atoms with Crippen LogP contribution < -0.4 is 15.4 Å². The van der Waals surface area contributed by atoms with Crippen LogP contribution in [0.4, 0.5) is 0 Å². The Hall–Kier alpha value is -2.94. The van der Waals surface area contributed by atoms with Crippen molar-refractivity contribution >= 4 is 12.2 Å². The zero-order valence-corrected chi connectivity index (χ0v) is 16.0. The first kappa shape index (κ1) is 19.8. The van der Waals surface area contributed by atoms with Gasteiger partial charge in [-0.1, -0.05) is 24.8 Å². The molecule has 1 aliphatic heterocycles. The summed E-state index contributed by atoms with van der Waals surface area (Å²) in [4.78, 5) is 4.29. The van der Waals surface area contributed by atoms with E-state index < -0.39 is 0 Å². The SMILES string of the molecule is C=CCOc1cc(/C=C/c2cc(C#N)ccn2)cc(CNCC2CCNC2)c1. The molecular formula is C23H26N4O. The first-order valence-electron chi connectivity index (χ1n) is 9.60. The zero-order valence-electron chi connectivity index (χ0n) is 16.0. The summed E-state index contributed by atoms with van der Waals surface area (Å²) < 4.78 is 5.76. The number of nitrogens with zero attached hydrogens (tertiary/aromatic N) is 2. The van der Waals surface area contributed by atoms with Gasteiger partial charge in [-0.3, -0.25) is 4.98 Å². The molecule has 0 saturated carbocycles. The summed E-state index contributed by atoms with van der Waals surface area (Å²) in [7, 11) is 0. The molecule has 5 nitrogen and oxygen atoms in total. The maximum absolute atomic E-state index is 9.03. The maximum atomic E-state index is 9.03. The highest BCUT2D eigenvalue weighted by molar-refractivity contribution is 5.69. The minimum atomic E-state index is 0.472. The van der Waals surface area contributed by atoms with E-state index in [2.05, 4.69) is 40.4 Å². The van der Waals surface area contributed by atoms with Gasteiger partial charge in [-0.25, -0.2) is 0 Å². The van der Waals surface area contributed by atoms with Gasteiger partial charge >= 0.3 is 0 Å². The molecule has 1 aromatic carbocycles. The van der Waals surface area contributed by atoms with Crippen LogP contribution in [0.5, 0.6) is 5.75 Å². The standard InChI is InChI=1S/C23H26N4O/c1-2-9-28-23-12-18(3-4-22-11-19(14-24)6-8-27-22)10-21(13-23)17-26-16-20-5-7-25-15-20/h2-4,6,8,10-13,20,25-26H,1,5,7,9,15-17H2/b4-3+. The summed E-state index contributed by atoms with van der Waals surface area (Å²) in [6.45, 7) is 8.21. The first-order valence-corrected chi connectivity index (χ1v) is 9.60. The van der Waals surface area contributed by atoms with E-state index in [9.17, 15) is 0 Å². The largest absolute Gasteiger partial charge is 0.490 e. The second-order valence-electron chi connectivity index (χ2n) is 6.91. The van der Waals surface area contributed by atoms with Gasteiger partial charge in [0.05, 0.1) is 17.3 Å². The fraction of sp³-hybridized carbons (Fsp3) is 0.304. The Morgan fingerprint density at radius 2 is 2.25 bits per heavy atom. The van der Waals surface area contributed by atoms with E-state index in [1.165, 1.54) is 12.0 Å². The number of ether oxygens (including phenoxy) is 1. The first-order chi connectivity index (χ1) is 13.8. The molecule has 2 aromatic rings. The smallest absolute Gasteiger partial charge is 0.120 e. The average Bonchev–Trinajstić information content (AvgIpc) is 3.24. The van der Waals surface area contributed by atoms with Gasteiger partial charge < -0.3 is 15.4 Å². The second-order valence-corrected chi connectivity index (χ2v) is 6.91. The number of rotatable bonds is 9. The lowest BCUT2D eigenvalue weighted by molar-refractivity contribution is 0.362. The Morgan fingerprint density at radius 1 is 1.32 bits per heavy atom. The number of pyridine rings is 1. The van der Waals surface area contributed by atoms with Gasteiger partial charge in [0.25, 0.3) is 0 Å². The van der Waals surface area contributed by atoms with Crippen LogP contribution >= 0.6 is 0 Å². The third-order valence-electron chi connectivity index (χ3n) is 4.64. The predicted octanol–water partition coefficient (Wildman–Crippen LogP) is 3.39. The molecule has 3 rings (SSSR count). The van der Waals surface area contributed by atoms with Crippen molar-refractivity contribution in [1.29, 1.82) is 5.26 Å². The number of hydrogen-bond donors (Lipinski definition) is 2. The van der Waals surface area contributed by atoms with Gasteiger partial charge in [-0.05, 0) is 73.4 Å². The Morgan fingerprint density at radius 3 is 3.04 bits per heavy atom. The molecular weight excluding hydrogens is 348 g/mol. The Bertz CT molecular complexity index is 863. The van der Waals surface area contributed by atoms with Crippen LogP contribution in [0.15, 0.2) is 49.2 Å². The molecule has 1 fully saturated rings. The number of benzene rings is 1. The van der Waals surface area contributed by atoms with Crippen LogP contribution in [-0.2, 0) is 6.54 Å². The van der Waals surface area contributed by atoms with Crippen molar-refractivity contribution in [2.75, 3.05) is 26.2 Å². The molecule has 0 bridgehead atoms. The van der Waals surface area contributed by atoms with Gasteiger partial charge in [0.15, 0.2) is 0 Å². The van der Waals surface area contributed by atoms with Crippen molar-refractivity contribution < 1.29 is 4.74 Å². The summed E-state index contributed by atoms with van der Waals surface area (Å²) in [6, 6.07) is 11.8. The van der Waals surface area contributed by atoms with E-state index in [1.807, 2.05) is 18.2 Å². The Kier molecular flexibility index (Phi) is 7.36. The van der Waals surface area contributed by atoms with Crippen molar-refractivity contribution in [2.24, 2.45) is 5.92 Å². The van der Waals surface area contributed by atoms with E-state index in [1.54, 1.807) is 24.4 Å². The topological polar surface area (TPSA) is 70.0 Å². The van der Waals surface area contributed by atoms with Crippen molar-refractivity contribution in [3.8, 4) is 11.8 Å². The van der Waals surface area contributed by atoms with Crippen LogP contribution in [-0.4, -0.2) is 31.2 Å². The van der Waals surface area contributed by atoms with Gasteiger partial charge in [0.1, 0.15) is 12.4 Å². The fourth-order valence-electron chi connectivity index (χ4n) is 3.22. The molecule has 1 saturated heterocycles. The van der Waals surface area contributed by atoms with Crippen molar-refractivity contribution in [3.05, 3.63) is 71.6 Å². The molecule has 0 aliphatic carbocycles. The zero-order chi connectivity index (χ0) is 19.6. The number of nitrogens with one attached hydrogen (secondary N) is 2. The van der Waals surface area contributed by atoms with Crippen LogP contribution in [0, 0.1) is 17.2 Å². The van der Waals surface area contributed by atoms with E-state index >= 15 is 0 Å². The molecule has 0 spiro atoms. The van der Waals surface area contributed by atoms with Gasteiger partial charge in [0, 0.05) is 12.7 Å². The molecule has 0 radical (unpaired) electrons. The highest BCUT2D eigenvalue weighted by atomic mass is 16.5. The van der Waals surface area contributed by atoms with Crippen LogP contribution in [0.2, 0.25) is 0 Å². The lowest BCUT2D eigenvalue weighted by Crippen LogP contribution is -2.24. The monoisotopic (exact) mass is 374 g/mol. The molecule has 1 unspecified atom stereocenters. The minimum absolute atomic E-state index is 0.472. The average molecular weight is 374 g/mol. The predicted molar refractivity (Wildman–Crippen MR) is 113 cm³/mol. The van der Waals surface area contributed by atoms with E-state index in [0.717, 1.165) is 43.2 Å². The van der Waals surface area contributed by atoms with Crippen molar-refractivity contribution in [1.82, 2.24) is 15.6 Å². The molecule has 1 aliphatic rings. The molecule has 5 heteroatoms. The maximum Gasteiger partial charge on any atom is 0.120 e. The third kappa shape index (κ3) is 6.05. The van der Waals surface area contributed by atoms with Gasteiger partial charge in [-0.2, -0.15) is 5.26 Å². The van der Waals surface area contributed by atoms with E-state index in [0.29, 0.717) is 18.1 Å². The summed E-state index contributed by atoms with van der Waals surface area (Å²) in [5, 5.41) is 16.0. The number of aromatic nitrogens is 1. The Labute approximate surface area is 166 Å². The number of nitriles is 1. The summed E-state index contributed by atoms with van der Waals surface area (Å²) in [6.07, 6.45) is 8.53. The lowest BCUT2D eigenvalue weighted by atomic mass is 10.1. The van der Waals surface area contributed by atoms with E-state index in [4.69, 9.17) is 10.00 Å². The Balaban J connectivity index is 1.71. The van der Waals surface area contributed by atoms with Crippen molar-refractivity contribution in [2.45, 2.75) is 13.0 Å². The molecule has 1 atom stereocenters. The summed E-state index contributed by atoms with van der Waals surface area (Å²) in [5.41, 5.74) is 3.56. The molecule has 2 heterocycles. The summed E-state index contributed by atoms with van der Waals surface area (Å²) >= 11 is 0. The molecule has 1 aromatic heterocycles. The quantitative estimate of drug-likeness (QED) is 0.659. The van der Waals surface area contributed by atoms with Gasteiger partial charge in [0.2, 0.25) is 0 Å². The van der Waals surface area contributed by atoms with Crippen molar-refractivity contribution in [3.63, 3.8) is 0 Å². The normalized spacial score (nSPS) is 16.2. The molecule has 28 heavy (non-hydrogen) atoms. The third-order valence-corrected chi connectivity index (χ3v) is 4.64. The van der Waals surface area contributed by atoms with Crippen LogP contribution in [0.25, 0.3) is 12.2 Å². The number of hydrogen-bond acceptors (Lipinski definition) is 5. The molecule has 0 amide bonds. The fourth-order valence-corrected chi connectivity index (χ4v) is 3.22. The molecule has 144 valence electrons. The van der Waals surface area contributed by atoms with E-state index in [-0.39, 0.29) is 0 Å². The highest BCUT2D eigenvalue weighted by Crippen LogP contribution is 2.20. The lowest BCUT2D eigenvalue weighted by Gasteiger charge is -2.12. The van der Waals surface area contributed by atoms with Crippen LogP contribution in [0.3, 0.4) is 0 Å².